The zero-order valence-electron chi connectivity index (χ0n) is 12.0. The summed E-state index contributed by atoms with van der Waals surface area (Å²) in [4.78, 5) is 16.4. The number of nitrogens with one attached hydrogen (secondary N) is 1. The second kappa shape index (κ2) is 6.89. The van der Waals surface area contributed by atoms with Gasteiger partial charge in [0, 0.05) is 12.2 Å². The van der Waals surface area contributed by atoms with E-state index >= 15 is 0 Å². The van der Waals surface area contributed by atoms with Crippen LogP contribution in [-0.2, 0) is 0 Å². The summed E-state index contributed by atoms with van der Waals surface area (Å²) in [5, 5.41) is 3.00. The van der Waals surface area contributed by atoms with E-state index in [0.29, 0.717) is 18.2 Å². The SMILES string of the molecule is CCC(CC)CNC(=O)c1cncn1-c1ccccc1. The van der Waals surface area contributed by atoms with Crippen LogP contribution in [0.1, 0.15) is 37.2 Å². The van der Waals surface area contributed by atoms with Crippen molar-refractivity contribution in [3.8, 4) is 5.69 Å². The Balaban J connectivity index is 2.10. The van der Waals surface area contributed by atoms with Crippen molar-refractivity contribution in [2.24, 2.45) is 5.92 Å². The molecule has 0 radical (unpaired) electrons. The monoisotopic (exact) mass is 271 g/mol. The Morgan fingerprint density at radius 2 is 1.95 bits per heavy atom. The van der Waals surface area contributed by atoms with Crippen LogP contribution in [0.2, 0.25) is 0 Å². The maximum Gasteiger partial charge on any atom is 0.269 e. The molecule has 20 heavy (non-hydrogen) atoms. The van der Waals surface area contributed by atoms with Gasteiger partial charge in [-0.15, -0.1) is 0 Å². The first-order chi connectivity index (χ1) is 9.76. The van der Waals surface area contributed by atoms with Crippen LogP contribution in [-0.4, -0.2) is 22.0 Å². The molecule has 0 fully saturated rings. The van der Waals surface area contributed by atoms with E-state index in [1.807, 2.05) is 34.9 Å². The number of carbonyl (C=O) groups is 1. The van der Waals surface area contributed by atoms with Crippen molar-refractivity contribution in [1.29, 1.82) is 0 Å². The molecule has 0 unspecified atom stereocenters. The van der Waals surface area contributed by atoms with E-state index in [-0.39, 0.29) is 5.91 Å². The molecule has 1 amide bonds. The van der Waals surface area contributed by atoms with Gasteiger partial charge in [-0.2, -0.15) is 0 Å². The number of aromatic nitrogens is 2. The molecule has 1 aromatic heterocycles. The van der Waals surface area contributed by atoms with Crippen molar-refractivity contribution < 1.29 is 4.79 Å². The molecule has 1 aromatic carbocycles. The van der Waals surface area contributed by atoms with Gasteiger partial charge in [-0.25, -0.2) is 4.98 Å². The lowest BCUT2D eigenvalue weighted by Crippen LogP contribution is -2.30. The van der Waals surface area contributed by atoms with Crippen molar-refractivity contribution in [1.82, 2.24) is 14.9 Å². The van der Waals surface area contributed by atoms with Crippen molar-refractivity contribution >= 4 is 5.91 Å². The molecule has 0 aliphatic rings. The Morgan fingerprint density at radius 1 is 1.25 bits per heavy atom. The van der Waals surface area contributed by atoms with Crippen LogP contribution >= 0.6 is 0 Å². The first-order valence-electron chi connectivity index (χ1n) is 7.12. The van der Waals surface area contributed by atoms with Crippen molar-refractivity contribution in [3.63, 3.8) is 0 Å². The first kappa shape index (κ1) is 14.3. The van der Waals surface area contributed by atoms with Gasteiger partial charge in [-0.05, 0) is 18.1 Å². The van der Waals surface area contributed by atoms with E-state index < -0.39 is 0 Å². The Morgan fingerprint density at radius 3 is 2.60 bits per heavy atom. The largest absolute Gasteiger partial charge is 0.350 e. The highest BCUT2D eigenvalue weighted by Gasteiger charge is 2.14. The maximum absolute atomic E-state index is 12.3. The molecule has 0 atom stereocenters. The second-order valence-electron chi connectivity index (χ2n) is 4.88. The van der Waals surface area contributed by atoms with E-state index in [0.717, 1.165) is 18.5 Å². The molecule has 0 aliphatic heterocycles. The summed E-state index contributed by atoms with van der Waals surface area (Å²) in [7, 11) is 0. The highest BCUT2D eigenvalue weighted by atomic mass is 16.1. The van der Waals surface area contributed by atoms with E-state index in [9.17, 15) is 4.79 Å². The highest BCUT2D eigenvalue weighted by Crippen LogP contribution is 2.11. The van der Waals surface area contributed by atoms with Crippen LogP contribution in [0.4, 0.5) is 0 Å². The molecule has 0 saturated heterocycles. The van der Waals surface area contributed by atoms with Crippen molar-refractivity contribution in [2.75, 3.05) is 6.54 Å². The van der Waals surface area contributed by atoms with E-state index in [2.05, 4.69) is 24.1 Å². The number of benzene rings is 1. The van der Waals surface area contributed by atoms with Gasteiger partial charge in [0.05, 0.1) is 12.5 Å². The quantitative estimate of drug-likeness (QED) is 0.877. The minimum atomic E-state index is -0.0711. The Hall–Kier alpha value is -2.10. The molecule has 106 valence electrons. The lowest BCUT2D eigenvalue weighted by Gasteiger charge is -2.14. The third kappa shape index (κ3) is 3.26. The van der Waals surface area contributed by atoms with Gasteiger partial charge >= 0.3 is 0 Å². The summed E-state index contributed by atoms with van der Waals surface area (Å²) in [6.07, 6.45) is 5.43. The van der Waals surface area contributed by atoms with Gasteiger partial charge in [-0.1, -0.05) is 44.9 Å². The Labute approximate surface area is 119 Å². The van der Waals surface area contributed by atoms with Gasteiger partial charge in [0.25, 0.3) is 5.91 Å². The summed E-state index contributed by atoms with van der Waals surface area (Å²) in [6.45, 7) is 5.01. The standard InChI is InChI=1S/C16H21N3O/c1-3-13(4-2)10-18-16(20)15-11-17-12-19(15)14-8-6-5-7-9-14/h5-9,11-13H,3-4,10H2,1-2H3,(H,18,20). The fraction of sp³-hybridized carbons (Fsp3) is 0.375. The summed E-state index contributed by atoms with van der Waals surface area (Å²) >= 11 is 0. The van der Waals surface area contributed by atoms with E-state index in [4.69, 9.17) is 0 Å². The number of nitrogens with zero attached hydrogens (tertiary/aromatic N) is 2. The molecule has 0 aliphatic carbocycles. The number of hydrogen-bond acceptors (Lipinski definition) is 2. The van der Waals surface area contributed by atoms with Crippen LogP contribution in [0, 0.1) is 5.92 Å². The van der Waals surface area contributed by atoms with Gasteiger partial charge < -0.3 is 5.32 Å². The van der Waals surface area contributed by atoms with Crippen LogP contribution in [0.15, 0.2) is 42.9 Å². The molecular formula is C16H21N3O. The minimum Gasteiger partial charge on any atom is -0.350 e. The van der Waals surface area contributed by atoms with Crippen molar-refractivity contribution in [2.45, 2.75) is 26.7 Å². The number of amides is 1. The van der Waals surface area contributed by atoms with Gasteiger partial charge in [0.2, 0.25) is 0 Å². The van der Waals surface area contributed by atoms with Gasteiger partial charge in [0.1, 0.15) is 5.69 Å². The first-order valence-corrected chi connectivity index (χ1v) is 7.12. The summed E-state index contributed by atoms with van der Waals surface area (Å²) < 4.78 is 1.81. The number of hydrogen-bond donors (Lipinski definition) is 1. The summed E-state index contributed by atoms with van der Waals surface area (Å²) in [5.41, 5.74) is 1.51. The predicted molar refractivity (Wildman–Crippen MR) is 80.0 cm³/mol. The number of imidazole rings is 1. The highest BCUT2D eigenvalue weighted by molar-refractivity contribution is 5.92. The Bertz CT molecular complexity index is 544. The topological polar surface area (TPSA) is 46.9 Å². The fourth-order valence-corrected chi connectivity index (χ4v) is 2.16. The number of para-hydroxylation sites is 1. The molecule has 2 aromatic rings. The molecule has 0 bridgehead atoms. The van der Waals surface area contributed by atoms with Crippen LogP contribution in [0.5, 0.6) is 0 Å². The average molecular weight is 271 g/mol. The normalized spacial score (nSPS) is 10.8. The third-order valence-corrected chi connectivity index (χ3v) is 3.61. The Kier molecular flexibility index (Phi) is 4.93. The molecule has 2 rings (SSSR count). The molecule has 0 saturated carbocycles. The summed E-state index contributed by atoms with van der Waals surface area (Å²) in [6, 6.07) is 9.76. The molecule has 0 spiro atoms. The molecule has 4 heteroatoms. The third-order valence-electron chi connectivity index (χ3n) is 3.61. The maximum atomic E-state index is 12.3. The van der Waals surface area contributed by atoms with Crippen molar-refractivity contribution in [3.05, 3.63) is 48.5 Å². The summed E-state index contributed by atoms with van der Waals surface area (Å²) in [5.74, 6) is 0.463. The molecule has 1 heterocycles. The van der Waals surface area contributed by atoms with Crippen LogP contribution in [0.25, 0.3) is 5.69 Å². The molecule has 4 nitrogen and oxygen atoms in total. The molecule has 1 N–H and O–H groups in total. The number of carbonyl (C=O) groups excluding carboxylic acids is 1. The predicted octanol–water partition coefficient (Wildman–Crippen LogP) is 3.04. The van der Waals surface area contributed by atoms with E-state index in [1.54, 1.807) is 12.5 Å². The number of rotatable bonds is 6. The molecular weight excluding hydrogens is 250 g/mol. The lowest BCUT2D eigenvalue weighted by atomic mass is 10.0. The zero-order chi connectivity index (χ0) is 14.4. The van der Waals surface area contributed by atoms with Gasteiger partial charge in [-0.3, -0.25) is 9.36 Å². The lowest BCUT2D eigenvalue weighted by molar-refractivity contribution is 0.0939. The average Bonchev–Trinajstić information content (AvgIpc) is 2.98. The van der Waals surface area contributed by atoms with Gasteiger partial charge in [0.15, 0.2) is 0 Å². The minimum absolute atomic E-state index is 0.0711. The van der Waals surface area contributed by atoms with E-state index in [1.165, 1.54) is 0 Å². The second-order valence-corrected chi connectivity index (χ2v) is 4.88. The fourth-order valence-electron chi connectivity index (χ4n) is 2.16. The zero-order valence-corrected chi connectivity index (χ0v) is 12.0. The van der Waals surface area contributed by atoms with Crippen LogP contribution in [0.3, 0.4) is 0 Å². The van der Waals surface area contributed by atoms with Crippen LogP contribution < -0.4 is 5.32 Å². The smallest absolute Gasteiger partial charge is 0.269 e.